The summed E-state index contributed by atoms with van der Waals surface area (Å²) >= 11 is 0. The maximum absolute atomic E-state index is 11.7. The van der Waals surface area contributed by atoms with Gasteiger partial charge in [0.2, 0.25) is 0 Å². The van der Waals surface area contributed by atoms with Crippen LogP contribution in [0.2, 0.25) is 0 Å². The van der Waals surface area contributed by atoms with E-state index in [0.717, 1.165) is 25.0 Å². The summed E-state index contributed by atoms with van der Waals surface area (Å²) in [4.78, 5) is 4.36. The van der Waals surface area contributed by atoms with E-state index in [1.807, 2.05) is 7.05 Å². The molecule has 18 heavy (non-hydrogen) atoms. The Labute approximate surface area is 108 Å². The van der Waals surface area contributed by atoms with Crippen LogP contribution in [0.5, 0.6) is 0 Å². The van der Waals surface area contributed by atoms with Crippen LogP contribution in [0, 0.1) is 0 Å². The zero-order chi connectivity index (χ0) is 13.2. The van der Waals surface area contributed by atoms with Gasteiger partial charge in [0.1, 0.15) is 6.26 Å². The number of hydrogen-bond acceptors (Lipinski definition) is 5. The molecular formula is C12H20N2O3S. The predicted molar refractivity (Wildman–Crippen MR) is 69.2 cm³/mol. The monoisotopic (exact) mass is 272 g/mol. The van der Waals surface area contributed by atoms with E-state index in [-0.39, 0.29) is 5.25 Å². The highest BCUT2D eigenvalue weighted by Crippen LogP contribution is 2.23. The van der Waals surface area contributed by atoms with Crippen molar-refractivity contribution >= 4 is 9.84 Å². The fourth-order valence-corrected chi connectivity index (χ4v) is 4.06. The highest BCUT2D eigenvalue weighted by atomic mass is 32.2. The molecule has 6 heteroatoms. The van der Waals surface area contributed by atoms with Crippen molar-refractivity contribution in [3.8, 4) is 0 Å². The Hall–Kier alpha value is -0.880. The minimum absolute atomic E-state index is 0.300. The average Bonchev–Trinajstić information content (AvgIpc) is 2.87. The number of oxazole rings is 1. The molecule has 1 N–H and O–H groups in total. The molecule has 0 spiro atoms. The minimum Gasteiger partial charge on any atom is -0.449 e. The second-order valence-corrected chi connectivity index (χ2v) is 7.36. The third kappa shape index (κ3) is 3.11. The number of likely N-dealkylation sites (N-methyl/N-ethyl adjacent to an activating group) is 1. The van der Waals surface area contributed by atoms with E-state index in [1.54, 1.807) is 6.26 Å². The Kier molecular flexibility index (Phi) is 4.07. The van der Waals surface area contributed by atoms with Crippen LogP contribution >= 0.6 is 0 Å². The molecule has 2 atom stereocenters. The van der Waals surface area contributed by atoms with Crippen molar-refractivity contribution in [2.75, 3.05) is 12.8 Å². The molecule has 0 saturated carbocycles. The van der Waals surface area contributed by atoms with Gasteiger partial charge in [-0.25, -0.2) is 13.4 Å². The van der Waals surface area contributed by atoms with E-state index in [0.29, 0.717) is 24.1 Å². The standard InChI is InChI=1S/C12H20N2O3S/c1-9(13-2)6-10-8-17-12(14-10)7-11-4-3-5-18(11,15)16/h8-9,11,13H,3-7H2,1-2H3. The summed E-state index contributed by atoms with van der Waals surface area (Å²) in [7, 11) is -1.02. The Morgan fingerprint density at radius 2 is 2.39 bits per heavy atom. The van der Waals surface area contributed by atoms with Gasteiger partial charge in [0.05, 0.1) is 16.7 Å². The molecule has 1 aliphatic heterocycles. The van der Waals surface area contributed by atoms with Crippen LogP contribution in [0.25, 0.3) is 0 Å². The van der Waals surface area contributed by atoms with Gasteiger partial charge >= 0.3 is 0 Å². The number of aromatic nitrogens is 1. The number of hydrogen-bond donors (Lipinski definition) is 1. The molecule has 0 bridgehead atoms. The van der Waals surface area contributed by atoms with Crippen molar-refractivity contribution in [1.29, 1.82) is 0 Å². The van der Waals surface area contributed by atoms with E-state index < -0.39 is 9.84 Å². The summed E-state index contributed by atoms with van der Waals surface area (Å²) in [5.74, 6) is 0.853. The molecule has 1 fully saturated rings. The van der Waals surface area contributed by atoms with Gasteiger partial charge in [-0.05, 0) is 26.8 Å². The molecule has 2 rings (SSSR count). The largest absolute Gasteiger partial charge is 0.449 e. The van der Waals surface area contributed by atoms with Crippen molar-refractivity contribution in [2.45, 2.75) is 43.9 Å². The van der Waals surface area contributed by atoms with Crippen LogP contribution in [0.3, 0.4) is 0 Å². The molecular weight excluding hydrogens is 252 g/mol. The second kappa shape index (κ2) is 5.40. The van der Waals surface area contributed by atoms with Crippen molar-refractivity contribution < 1.29 is 12.8 Å². The lowest BCUT2D eigenvalue weighted by atomic mass is 10.2. The minimum atomic E-state index is -2.92. The maximum atomic E-state index is 11.7. The van der Waals surface area contributed by atoms with E-state index in [9.17, 15) is 8.42 Å². The third-order valence-corrected chi connectivity index (χ3v) is 5.75. The normalized spacial score (nSPS) is 24.2. The Morgan fingerprint density at radius 1 is 1.61 bits per heavy atom. The highest BCUT2D eigenvalue weighted by Gasteiger charge is 2.32. The topological polar surface area (TPSA) is 72.2 Å². The van der Waals surface area contributed by atoms with Crippen molar-refractivity contribution in [3.05, 3.63) is 17.8 Å². The number of nitrogens with one attached hydrogen (secondary N) is 1. The lowest BCUT2D eigenvalue weighted by molar-refractivity contribution is 0.482. The van der Waals surface area contributed by atoms with Crippen molar-refractivity contribution in [1.82, 2.24) is 10.3 Å². The van der Waals surface area contributed by atoms with Crippen molar-refractivity contribution in [3.63, 3.8) is 0 Å². The van der Waals surface area contributed by atoms with Gasteiger partial charge in [-0.1, -0.05) is 0 Å². The molecule has 2 unspecified atom stereocenters. The Balaban J connectivity index is 1.98. The molecule has 0 aliphatic carbocycles. The van der Waals surface area contributed by atoms with Gasteiger partial charge < -0.3 is 9.73 Å². The lowest BCUT2D eigenvalue weighted by Gasteiger charge is -2.06. The van der Waals surface area contributed by atoms with Gasteiger partial charge in [0.25, 0.3) is 0 Å². The number of rotatable bonds is 5. The van der Waals surface area contributed by atoms with Crippen LogP contribution in [-0.2, 0) is 22.7 Å². The van der Waals surface area contributed by atoms with Gasteiger partial charge in [0, 0.05) is 18.9 Å². The summed E-state index contributed by atoms with van der Waals surface area (Å²) < 4.78 is 28.8. The first-order valence-corrected chi connectivity index (χ1v) is 8.05. The van der Waals surface area contributed by atoms with Gasteiger partial charge in [-0.15, -0.1) is 0 Å². The van der Waals surface area contributed by atoms with Crippen LogP contribution in [0.1, 0.15) is 31.4 Å². The predicted octanol–water partition coefficient (Wildman–Crippen LogP) is 0.945. The van der Waals surface area contributed by atoms with E-state index in [1.165, 1.54) is 0 Å². The molecule has 1 saturated heterocycles. The molecule has 5 nitrogen and oxygen atoms in total. The smallest absolute Gasteiger partial charge is 0.195 e. The first-order chi connectivity index (χ1) is 8.51. The van der Waals surface area contributed by atoms with Crippen LogP contribution < -0.4 is 5.32 Å². The second-order valence-electron chi connectivity index (χ2n) is 4.96. The van der Waals surface area contributed by atoms with Crippen LogP contribution in [0.15, 0.2) is 10.7 Å². The summed E-state index contributed by atoms with van der Waals surface area (Å²) in [6.07, 6.45) is 4.32. The summed E-state index contributed by atoms with van der Waals surface area (Å²) in [6.45, 7) is 2.07. The molecule has 0 amide bonds. The van der Waals surface area contributed by atoms with Gasteiger partial charge in [-0.2, -0.15) is 0 Å². The molecule has 102 valence electrons. The molecule has 1 aliphatic rings. The van der Waals surface area contributed by atoms with E-state index in [4.69, 9.17) is 4.42 Å². The molecule has 1 aromatic heterocycles. The first-order valence-electron chi connectivity index (χ1n) is 6.33. The number of nitrogens with zero attached hydrogens (tertiary/aromatic N) is 1. The maximum Gasteiger partial charge on any atom is 0.195 e. The Morgan fingerprint density at radius 3 is 3.00 bits per heavy atom. The third-order valence-electron chi connectivity index (χ3n) is 3.47. The van der Waals surface area contributed by atoms with Gasteiger partial charge in [0.15, 0.2) is 15.7 Å². The van der Waals surface area contributed by atoms with Gasteiger partial charge in [-0.3, -0.25) is 0 Å². The fraction of sp³-hybridized carbons (Fsp3) is 0.750. The summed E-state index contributed by atoms with van der Waals surface area (Å²) in [6, 6.07) is 0.332. The zero-order valence-electron chi connectivity index (χ0n) is 10.8. The molecule has 1 aromatic rings. The van der Waals surface area contributed by atoms with E-state index >= 15 is 0 Å². The summed E-state index contributed by atoms with van der Waals surface area (Å²) in [5.41, 5.74) is 0.877. The van der Waals surface area contributed by atoms with Crippen LogP contribution in [-0.4, -0.2) is 37.5 Å². The first kappa shape index (κ1) is 13.5. The molecule has 0 aromatic carbocycles. The van der Waals surface area contributed by atoms with Crippen molar-refractivity contribution in [2.24, 2.45) is 0 Å². The number of sulfone groups is 1. The highest BCUT2D eigenvalue weighted by molar-refractivity contribution is 7.92. The zero-order valence-corrected chi connectivity index (χ0v) is 11.7. The van der Waals surface area contributed by atoms with E-state index in [2.05, 4.69) is 17.2 Å². The summed E-state index contributed by atoms with van der Waals surface area (Å²) in [5, 5.41) is 2.83. The fourth-order valence-electron chi connectivity index (χ4n) is 2.23. The Bertz CT molecular complexity index is 495. The average molecular weight is 272 g/mol. The molecule has 0 radical (unpaired) electrons. The SMILES string of the molecule is CNC(C)Cc1coc(CC2CCCS2(=O)=O)n1. The van der Waals surface area contributed by atoms with Crippen LogP contribution in [0.4, 0.5) is 0 Å². The molecule has 2 heterocycles. The quantitative estimate of drug-likeness (QED) is 0.864. The lowest BCUT2D eigenvalue weighted by Crippen LogP contribution is -2.23.